The van der Waals surface area contributed by atoms with Crippen molar-refractivity contribution in [2.45, 2.75) is 65.3 Å². The topological polar surface area (TPSA) is 99.8 Å². The van der Waals surface area contributed by atoms with Gasteiger partial charge in [-0.25, -0.2) is 9.37 Å². The van der Waals surface area contributed by atoms with Crippen LogP contribution in [0.25, 0.3) is 11.3 Å². The van der Waals surface area contributed by atoms with Gasteiger partial charge in [0.2, 0.25) is 5.91 Å². The van der Waals surface area contributed by atoms with Crippen LogP contribution in [0.2, 0.25) is 0 Å². The van der Waals surface area contributed by atoms with Crippen LogP contribution in [0, 0.1) is 30.0 Å². The molecule has 0 spiro atoms. The molecule has 0 radical (unpaired) electrons. The third kappa shape index (κ3) is 7.49. The standard InChI is InChI=1S/C21H18FN5O2S.C7H16/c1-13-3-2-4-15(18(13)22)16-11-30-20(25-16)26-17(28)9-24-19(29)14-5-8-27(10-14)21(12-23)6-7-21;1-4-5-6-7(2)3/h2-5,8,10-11H,6-7,9H2,1H3,(H,24,29)(H,25,26,28);7H,4-6H2,1-3H3. The molecule has 2 amide bonds. The highest BCUT2D eigenvalue weighted by Crippen LogP contribution is 2.42. The van der Waals surface area contributed by atoms with Gasteiger partial charge in [-0.1, -0.05) is 52.2 Å². The first kappa shape index (κ1) is 28.1. The van der Waals surface area contributed by atoms with E-state index < -0.39 is 17.4 Å². The van der Waals surface area contributed by atoms with E-state index in [1.54, 1.807) is 53.5 Å². The Hall–Kier alpha value is -3.51. The normalized spacial score (nSPS) is 13.3. The minimum absolute atomic E-state index is 0.235. The number of nitrogens with one attached hydrogen (secondary N) is 2. The molecule has 0 saturated heterocycles. The summed E-state index contributed by atoms with van der Waals surface area (Å²) in [5, 5.41) is 16.4. The molecule has 37 heavy (non-hydrogen) atoms. The number of carbonyl (C=O) groups is 2. The molecule has 1 aliphatic rings. The summed E-state index contributed by atoms with van der Waals surface area (Å²) in [6, 6.07) is 8.93. The first-order valence-corrected chi connectivity index (χ1v) is 13.5. The number of rotatable bonds is 9. The van der Waals surface area contributed by atoms with Crippen LogP contribution in [0.1, 0.15) is 68.8 Å². The molecule has 2 aromatic heterocycles. The highest BCUT2D eigenvalue weighted by Gasteiger charge is 2.45. The van der Waals surface area contributed by atoms with Crippen LogP contribution in [-0.4, -0.2) is 27.9 Å². The molecule has 7 nitrogen and oxygen atoms in total. The van der Waals surface area contributed by atoms with Gasteiger partial charge in [0.05, 0.1) is 23.9 Å². The number of hydrogen-bond donors (Lipinski definition) is 2. The summed E-state index contributed by atoms with van der Waals surface area (Å²) in [6.45, 7) is 8.23. The second-order valence-electron chi connectivity index (χ2n) is 9.69. The Morgan fingerprint density at radius 1 is 1.30 bits per heavy atom. The lowest BCUT2D eigenvalue weighted by molar-refractivity contribution is -0.115. The van der Waals surface area contributed by atoms with Crippen LogP contribution in [0.5, 0.6) is 0 Å². The quantitative estimate of drug-likeness (QED) is 0.345. The van der Waals surface area contributed by atoms with Gasteiger partial charge in [0.1, 0.15) is 11.4 Å². The van der Waals surface area contributed by atoms with Gasteiger partial charge in [0, 0.05) is 23.3 Å². The van der Waals surface area contributed by atoms with Crippen LogP contribution in [-0.2, 0) is 10.3 Å². The average molecular weight is 524 g/mol. The number of nitrogens with zero attached hydrogens (tertiary/aromatic N) is 3. The largest absolute Gasteiger partial charge is 0.343 e. The molecule has 2 heterocycles. The third-order valence-electron chi connectivity index (χ3n) is 6.14. The van der Waals surface area contributed by atoms with E-state index in [0.29, 0.717) is 27.5 Å². The summed E-state index contributed by atoms with van der Waals surface area (Å²) < 4.78 is 16.0. The SMILES string of the molecule is CCCCC(C)C.Cc1cccc(-c2csc(NC(=O)CNC(=O)c3ccn(C4(C#N)CC4)c3)n2)c1F. The van der Waals surface area contributed by atoms with Crippen molar-refractivity contribution in [1.29, 1.82) is 5.26 Å². The van der Waals surface area contributed by atoms with E-state index in [1.807, 2.05) is 0 Å². The lowest BCUT2D eigenvalue weighted by Crippen LogP contribution is -2.32. The van der Waals surface area contributed by atoms with Crippen LogP contribution in [0.15, 0.2) is 42.0 Å². The molecular formula is C28H34FN5O2S. The Balaban J connectivity index is 0.000000479. The number of amides is 2. The number of nitriles is 1. The summed E-state index contributed by atoms with van der Waals surface area (Å²) in [7, 11) is 0. The Bertz CT molecular complexity index is 1270. The molecule has 0 bridgehead atoms. The smallest absolute Gasteiger partial charge is 0.253 e. The van der Waals surface area contributed by atoms with Gasteiger partial charge in [-0.05, 0) is 43.4 Å². The first-order chi connectivity index (χ1) is 17.7. The highest BCUT2D eigenvalue weighted by atomic mass is 32.1. The fourth-order valence-electron chi connectivity index (χ4n) is 3.68. The molecule has 1 aromatic carbocycles. The number of hydrogen-bond acceptors (Lipinski definition) is 5. The lowest BCUT2D eigenvalue weighted by Gasteiger charge is -2.07. The summed E-state index contributed by atoms with van der Waals surface area (Å²) in [4.78, 5) is 28.7. The maximum Gasteiger partial charge on any atom is 0.253 e. The Kier molecular flexibility index (Phi) is 9.59. The number of halogens is 1. The lowest BCUT2D eigenvalue weighted by atomic mass is 10.1. The number of anilines is 1. The van der Waals surface area contributed by atoms with Crippen molar-refractivity contribution in [3.63, 3.8) is 0 Å². The van der Waals surface area contributed by atoms with Crippen molar-refractivity contribution in [1.82, 2.24) is 14.9 Å². The first-order valence-electron chi connectivity index (χ1n) is 12.6. The number of thiazole rings is 1. The van der Waals surface area contributed by atoms with Crippen LogP contribution in [0.3, 0.4) is 0 Å². The van der Waals surface area contributed by atoms with E-state index in [9.17, 15) is 19.2 Å². The van der Waals surface area contributed by atoms with E-state index in [2.05, 4.69) is 42.5 Å². The van der Waals surface area contributed by atoms with Crippen molar-refractivity contribution in [2.24, 2.45) is 5.92 Å². The predicted octanol–water partition coefficient (Wildman–Crippen LogP) is 6.27. The number of benzene rings is 1. The molecule has 0 unspecified atom stereocenters. The maximum atomic E-state index is 14.2. The second kappa shape index (κ2) is 12.6. The fraction of sp³-hybridized carbons (Fsp3) is 0.429. The van der Waals surface area contributed by atoms with Gasteiger partial charge in [-0.15, -0.1) is 11.3 Å². The highest BCUT2D eigenvalue weighted by molar-refractivity contribution is 7.14. The Labute approximate surface area is 221 Å². The van der Waals surface area contributed by atoms with Gasteiger partial charge in [-0.3, -0.25) is 9.59 Å². The molecule has 9 heteroatoms. The summed E-state index contributed by atoms with van der Waals surface area (Å²) >= 11 is 1.18. The van der Waals surface area contributed by atoms with Crippen molar-refractivity contribution >= 4 is 28.3 Å². The zero-order valence-electron chi connectivity index (χ0n) is 21.8. The van der Waals surface area contributed by atoms with Gasteiger partial charge in [-0.2, -0.15) is 5.26 Å². The molecule has 4 rings (SSSR count). The van der Waals surface area contributed by atoms with Crippen molar-refractivity contribution in [3.05, 3.63) is 59.0 Å². The molecular weight excluding hydrogens is 489 g/mol. The number of aromatic nitrogens is 2. The fourth-order valence-corrected chi connectivity index (χ4v) is 4.41. The van der Waals surface area contributed by atoms with E-state index in [0.717, 1.165) is 18.8 Å². The minimum atomic E-state index is -0.533. The molecule has 1 aliphatic carbocycles. The van der Waals surface area contributed by atoms with E-state index in [1.165, 1.54) is 30.6 Å². The second-order valence-corrected chi connectivity index (χ2v) is 10.6. The Morgan fingerprint density at radius 2 is 2.05 bits per heavy atom. The Morgan fingerprint density at radius 3 is 2.68 bits per heavy atom. The van der Waals surface area contributed by atoms with E-state index in [4.69, 9.17) is 0 Å². The van der Waals surface area contributed by atoms with Gasteiger partial charge >= 0.3 is 0 Å². The number of carbonyl (C=O) groups excluding carboxylic acids is 2. The molecule has 0 atom stereocenters. The monoisotopic (exact) mass is 523 g/mol. The molecule has 1 saturated carbocycles. The third-order valence-corrected chi connectivity index (χ3v) is 6.90. The zero-order valence-corrected chi connectivity index (χ0v) is 22.6. The van der Waals surface area contributed by atoms with E-state index in [-0.39, 0.29) is 12.4 Å². The van der Waals surface area contributed by atoms with Crippen molar-refractivity contribution < 1.29 is 14.0 Å². The van der Waals surface area contributed by atoms with Crippen LogP contribution in [0.4, 0.5) is 9.52 Å². The minimum Gasteiger partial charge on any atom is -0.343 e. The number of aryl methyl sites for hydroxylation is 1. The molecule has 1 fully saturated rings. The summed E-state index contributed by atoms with van der Waals surface area (Å²) in [5.41, 5.74) is 1.18. The van der Waals surface area contributed by atoms with Gasteiger partial charge in [0.15, 0.2) is 5.13 Å². The van der Waals surface area contributed by atoms with Gasteiger partial charge < -0.3 is 15.2 Å². The summed E-state index contributed by atoms with van der Waals surface area (Å²) in [5.74, 6) is -0.285. The zero-order chi connectivity index (χ0) is 27.0. The van der Waals surface area contributed by atoms with Crippen LogP contribution >= 0.6 is 11.3 Å². The molecule has 2 N–H and O–H groups in total. The maximum absolute atomic E-state index is 14.2. The van der Waals surface area contributed by atoms with E-state index >= 15 is 0 Å². The molecule has 3 aromatic rings. The van der Waals surface area contributed by atoms with Gasteiger partial charge in [0.25, 0.3) is 5.91 Å². The average Bonchev–Trinajstić information content (AvgIpc) is 3.27. The summed E-state index contributed by atoms with van der Waals surface area (Å²) in [6.07, 6.45) is 9.00. The predicted molar refractivity (Wildman–Crippen MR) is 145 cm³/mol. The number of unbranched alkanes of at least 4 members (excludes halogenated alkanes) is 1. The van der Waals surface area contributed by atoms with Crippen LogP contribution < -0.4 is 10.6 Å². The van der Waals surface area contributed by atoms with Crippen molar-refractivity contribution in [2.75, 3.05) is 11.9 Å². The molecule has 0 aliphatic heterocycles. The van der Waals surface area contributed by atoms with Crippen molar-refractivity contribution in [3.8, 4) is 17.3 Å². The molecule has 196 valence electrons.